The molecule has 0 spiro atoms. The third kappa shape index (κ3) is 4.78. The van der Waals surface area contributed by atoms with Gasteiger partial charge in [-0.05, 0) is 24.6 Å². The Labute approximate surface area is 115 Å². The summed E-state index contributed by atoms with van der Waals surface area (Å²) in [6, 6.07) is 5.18. The van der Waals surface area contributed by atoms with E-state index in [1.165, 1.54) is 11.8 Å². The number of carboxylic acids is 1. The van der Waals surface area contributed by atoms with Gasteiger partial charge in [0.15, 0.2) is 0 Å². The van der Waals surface area contributed by atoms with Crippen LogP contribution in [-0.4, -0.2) is 16.3 Å². The van der Waals surface area contributed by atoms with Crippen molar-refractivity contribution in [1.29, 1.82) is 0 Å². The van der Waals surface area contributed by atoms with Crippen LogP contribution in [0.25, 0.3) is 0 Å². The molecule has 94 valence electrons. The van der Waals surface area contributed by atoms with Crippen molar-refractivity contribution < 1.29 is 9.90 Å². The number of hydrogen-bond acceptors (Lipinski definition) is 2. The molecule has 5 heteroatoms. The smallest absolute Gasteiger partial charge is 0.316 e. The molecule has 0 amide bonds. The van der Waals surface area contributed by atoms with Crippen molar-refractivity contribution in [2.75, 3.05) is 0 Å². The number of carboxylic acid groups (broad SMARTS) is 1. The predicted octanol–water partition coefficient (Wildman–Crippen LogP) is 4.73. The fraction of sp³-hybridized carbons (Fsp3) is 0.417. The molecule has 1 aromatic carbocycles. The van der Waals surface area contributed by atoms with Crippen LogP contribution in [-0.2, 0) is 4.79 Å². The van der Waals surface area contributed by atoms with Gasteiger partial charge in [0.05, 0.1) is 10.0 Å². The van der Waals surface area contributed by atoms with Crippen LogP contribution in [0.3, 0.4) is 0 Å². The highest BCUT2D eigenvalue weighted by molar-refractivity contribution is 8.00. The molecule has 1 N–H and O–H groups in total. The lowest BCUT2D eigenvalue weighted by atomic mass is 10.2. The first-order valence-corrected chi connectivity index (χ1v) is 7.02. The first kappa shape index (κ1) is 14.7. The van der Waals surface area contributed by atoms with Gasteiger partial charge in [0.2, 0.25) is 0 Å². The number of hydrogen-bond donors (Lipinski definition) is 1. The van der Waals surface area contributed by atoms with Gasteiger partial charge < -0.3 is 5.11 Å². The molecule has 1 unspecified atom stereocenters. The van der Waals surface area contributed by atoms with E-state index in [9.17, 15) is 4.79 Å². The first-order valence-electron chi connectivity index (χ1n) is 5.39. The summed E-state index contributed by atoms with van der Waals surface area (Å²) in [6.07, 6.45) is 2.56. The normalized spacial score (nSPS) is 12.4. The van der Waals surface area contributed by atoms with Crippen molar-refractivity contribution >= 4 is 40.9 Å². The van der Waals surface area contributed by atoms with Gasteiger partial charge in [-0.2, -0.15) is 0 Å². The summed E-state index contributed by atoms with van der Waals surface area (Å²) in [5.41, 5.74) is 0. The van der Waals surface area contributed by atoms with Crippen LogP contribution in [0, 0.1) is 0 Å². The van der Waals surface area contributed by atoms with Crippen LogP contribution in [0.1, 0.15) is 26.2 Å². The average molecular weight is 293 g/mol. The van der Waals surface area contributed by atoms with Crippen LogP contribution in [0.2, 0.25) is 10.0 Å². The van der Waals surface area contributed by atoms with Crippen LogP contribution >= 0.6 is 35.0 Å². The largest absolute Gasteiger partial charge is 0.480 e. The minimum atomic E-state index is -0.783. The fourth-order valence-electron chi connectivity index (χ4n) is 1.34. The molecular weight excluding hydrogens is 279 g/mol. The highest BCUT2D eigenvalue weighted by Gasteiger charge is 2.18. The molecule has 0 fully saturated rings. The monoisotopic (exact) mass is 292 g/mol. The van der Waals surface area contributed by atoms with Gasteiger partial charge in [-0.25, -0.2) is 0 Å². The number of unbranched alkanes of at least 4 members (excludes halogenated alkanes) is 1. The van der Waals surface area contributed by atoms with Crippen molar-refractivity contribution in [1.82, 2.24) is 0 Å². The summed E-state index contributed by atoms with van der Waals surface area (Å²) >= 11 is 13.0. The Morgan fingerprint density at radius 3 is 2.65 bits per heavy atom. The second-order valence-electron chi connectivity index (χ2n) is 3.66. The summed E-state index contributed by atoms with van der Waals surface area (Å²) in [6.45, 7) is 2.04. The molecule has 0 aromatic heterocycles. The standard InChI is InChI=1S/C12H14Cl2O2S/c1-2-3-4-11(12(15)16)17-8-5-6-9(13)10(14)7-8/h5-7,11H,2-4H2,1H3,(H,15,16). The fourth-order valence-corrected chi connectivity index (χ4v) is 2.75. The van der Waals surface area contributed by atoms with Gasteiger partial charge in [0, 0.05) is 4.90 Å². The van der Waals surface area contributed by atoms with Crippen LogP contribution in [0.5, 0.6) is 0 Å². The molecule has 0 aliphatic carbocycles. The highest BCUT2D eigenvalue weighted by Crippen LogP contribution is 2.32. The Morgan fingerprint density at radius 1 is 1.41 bits per heavy atom. The van der Waals surface area contributed by atoms with Gasteiger partial charge in [0.25, 0.3) is 0 Å². The summed E-state index contributed by atoms with van der Waals surface area (Å²) in [7, 11) is 0. The summed E-state index contributed by atoms with van der Waals surface area (Å²) in [5.74, 6) is -0.783. The Morgan fingerprint density at radius 2 is 2.12 bits per heavy atom. The lowest BCUT2D eigenvalue weighted by molar-refractivity contribution is -0.136. The molecule has 1 aromatic rings. The SMILES string of the molecule is CCCCC(Sc1ccc(Cl)c(Cl)c1)C(=O)O. The van der Waals surface area contributed by atoms with Gasteiger partial charge in [0.1, 0.15) is 5.25 Å². The van der Waals surface area contributed by atoms with Gasteiger partial charge in [-0.1, -0.05) is 43.0 Å². The summed E-state index contributed by atoms with van der Waals surface area (Å²) < 4.78 is 0. The molecular formula is C12H14Cl2O2S. The van der Waals surface area contributed by atoms with Crippen molar-refractivity contribution in [2.24, 2.45) is 0 Å². The van der Waals surface area contributed by atoms with E-state index >= 15 is 0 Å². The van der Waals surface area contributed by atoms with Crippen molar-refractivity contribution in [3.8, 4) is 0 Å². The number of carbonyl (C=O) groups is 1. The highest BCUT2D eigenvalue weighted by atomic mass is 35.5. The van der Waals surface area contributed by atoms with Crippen LogP contribution < -0.4 is 0 Å². The Kier molecular flexibility index (Phi) is 6.17. The topological polar surface area (TPSA) is 37.3 Å². The van der Waals surface area contributed by atoms with Gasteiger partial charge in [-0.15, -0.1) is 11.8 Å². The van der Waals surface area contributed by atoms with E-state index in [1.807, 2.05) is 6.92 Å². The van der Waals surface area contributed by atoms with E-state index in [2.05, 4.69) is 0 Å². The molecule has 0 heterocycles. The zero-order valence-corrected chi connectivity index (χ0v) is 11.8. The zero-order valence-electron chi connectivity index (χ0n) is 9.45. The second-order valence-corrected chi connectivity index (χ2v) is 5.75. The maximum absolute atomic E-state index is 11.1. The number of benzene rings is 1. The zero-order chi connectivity index (χ0) is 12.8. The van der Waals surface area contributed by atoms with Crippen molar-refractivity contribution in [2.45, 2.75) is 36.3 Å². The second kappa shape index (κ2) is 7.14. The number of rotatable bonds is 6. The maximum atomic E-state index is 11.1. The van der Waals surface area contributed by atoms with E-state index < -0.39 is 11.2 Å². The number of halogens is 2. The van der Waals surface area contributed by atoms with Crippen LogP contribution in [0.15, 0.2) is 23.1 Å². The molecule has 0 bridgehead atoms. The minimum absolute atomic E-state index is 0.424. The van der Waals surface area contributed by atoms with E-state index in [4.69, 9.17) is 28.3 Å². The van der Waals surface area contributed by atoms with Gasteiger partial charge in [-0.3, -0.25) is 4.79 Å². The predicted molar refractivity (Wildman–Crippen MR) is 73.3 cm³/mol. The molecule has 2 nitrogen and oxygen atoms in total. The average Bonchev–Trinajstić information content (AvgIpc) is 2.28. The van der Waals surface area contributed by atoms with Gasteiger partial charge >= 0.3 is 5.97 Å². The van der Waals surface area contributed by atoms with Crippen molar-refractivity contribution in [3.63, 3.8) is 0 Å². The number of aliphatic carboxylic acids is 1. The van der Waals surface area contributed by atoms with Crippen LogP contribution in [0.4, 0.5) is 0 Å². The molecule has 1 atom stereocenters. The molecule has 17 heavy (non-hydrogen) atoms. The molecule has 0 aliphatic heterocycles. The Hall–Kier alpha value is -0.380. The summed E-state index contributed by atoms with van der Waals surface area (Å²) in [4.78, 5) is 11.9. The lowest BCUT2D eigenvalue weighted by Gasteiger charge is -2.11. The molecule has 1 rings (SSSR count). The molecule has 0 radical (unpaired) electrons. The number of thioether (sulfide) groups is 1. The van der Waals surface area contributed by atoms with E-state index in [0.29, 0.717) is 16.5 Å². The molecule has 0 saturated carbocycles. The maximum Gasteiger partial charge on any atom is 0.316 e. The quantitative estimate of drug-likeness (QED) is 0.770. The molecule has 0 aliphatic rings. The third-order valence-electron chi connectivity index (χ3n) is 2.26. The van der Waals surface area contributed by atoms with Crippen molar-refractivity contribution in [3.05, 3.63) is 28.2 Å². The Balaban J connectivity index is 2.71. The first-order chi connectivity index (χ1) is 8.04. The van der Waals surface area contributed by atoms with E-state index in [1.54, 1.807) is 18.2 Å². The lowest BCUT2D eigenvalue weighted by Crippen LogP contribution is -2.15. The summed E-state index contributed by atoms with van der Waals surface area (Å²) in [5, 5.41) is 9.62. The molecule has 0 saturated heterocycles. The third-order valence-corrected chi connectivity index (χ3v) is 4.25. The van der Waals surface area contributed by atoms with E-state index in [0.717, 1.165) is 17.7 Å². The Bertz CT molecular complexity index is 396. The van der Waals surface area contributed by atoms with E-state index in [-0.39, 0.29) is 0 Å². The minimum Gasteiger partial charge on any atom is -0.480 e.